The predicted molar refractivity (Wildman–Crippen MR) is 64.1 cm³/mol. The molecular weight excluding hydrogens is 228 g/mol. The molecule has 1 aromatic heterocycles. The van der Waals surface area contributed by atoms with Crippen molar-refractivity contribution in [1.82, 2.24) is 19.9 Å². The van der Waals surface area contributed by atoms with Crippen molar-refractivity contribution in [3.63, 3.8) is 0 Å². The van der Waals surface area contributed by atoms with Gasteiger partial charge in [0, 0.05) is 26.2 Å². The Morgan fingerprint density at radius 2 is 2.00 bits per heavy atom. The summed E-state index contributed by atoms with van der Waals surface area (Å²) >= 11 is 5.99. The number of rotatable bonds is 2. The molecule has 7 heteroatoms. The topological polar surface area (TPSA) is 70.3 Å². The summed E-state index contributed by atoms with van der Waals surface area (Å²) in [5.41, 5.74) is 8.75. The van der Waals surface area contributed by atoms with Crippen LogP contribution in [0.2, 0.25) is 5.02 Å². The van der Waals surface area contributed by atoms with Crippen LogP contribution in [0.4, 0.5) is 11.6 Å². The van der Waals surface area contributed by atoms with Crippen molar-refractivity contribution in [2.45, 2.75) is 0 Å². The van der Waals surface area contributed by atoms with Crippen LogP contribution in [0.15, 0.2) is 6.33 Å². The fraction of sp³-hybridized carbons (Fsp3) is 0.556. The molecule has 6 nitrogen and oxygen atoms in total. The summed E-state index contributed by atoms with van der Waals surface area (Å²) in [7, 11) is 2.10. The van der Waals surface area contributed by atoms with Gasteiger partial charge in [0.15, 0.2) is 5.82 Å². The summed E-state index contributed by atoms with van der Waals surface area (Å²) in [5, 5.41) is 2.45. The lowest BCUT2D eigenvalue weighted by Crippen LogP contribution is -2.47. The number of nitrogen functional groups attached to an aromatic ring is 1. The number of anilines is 2. The molecule has 0 amide bonds. The van der Waals surface area contributed by atoms with Crippen LogP contribution in [-0.2, 0) is 0 Å². The van der Waals surface area contributed by atoms with Crippen molar-refractivity contribution < 1.29 is 0 Å². The molecule has 0 spiro atoms. The highest BCUT2D eigenvalue weighted by atomic mass is 35.5. The molecule has 1 saturated heterocycles. The van der Waals surface area contributed by atoms with E-state index in [-0.39, 0.29) is 0 Å². The predicted octanol–water partition coefficient (Wildman–Crippen LogP) is 0.286. The Kier molecular flexibility index (Phi) is 3.42. The van der Waals surface area contributed by atoms with Crippen molar-refractivity contribution >= 4 is 23.2 Å². The van der Waals surface area contributed by atoms with E-state index < -0.39 is 0 Å². The molecular formula is C9H15ClN6. The molecule has 1 fully saturated rings. The molecule has 0 saturated carbocycles. The third-order valence-electron chi connectivity index (χ3n) is 2.58. The minimum absolute atomic E-state index is 0.299. The molecule has 0 aliphatic carbocycles. The Bertz CT molecular complexity index is 363. The molecule has 0 atom stereocenters. The molecule has 0 aromatic carbocycles. The molecule has 2 rings (SSSR count). The zero-order valence-corrected chi connectivity index (χ0v) is 9.91. The molecule has 16 heavy (non-hydrogen) atoms. The number of likely N-dealkylation sites (N-methyl/N-ethyl adjacent to an activating group) is 1. The Hall–Kier alpha value is -1.11. The van der Waals surface area contributed by atoms with E-state index in [9.17, 15) is 0 Å². The number of nitrogens with zero attached hydrogens (tertiary/aromatic N) is 4. The standard InChI is InChI=1S/C9H15ClN6/c1-15-2-4-16(5-3-15)14-9-7(10)8(11)12-6-13-9/h6H,2-5H2,1H3,(H3,11,12,13,14). The van der Waals surface area contributed by atoms with Gasteiger partial charge in [-0.3, -0.25) is 0 Å². The normalized spacial score (nSPS) is 18.6. The fourth-order valence-electron chi connectivity index (χ4n) is 1.53. The summed E-state index contributed by atoms with van der Waals surface area (Å²) in [5.74, 6) is 0.868. The Balaban J connectivity index is 2.01. The first-order valence-corrected chi connectivity index (χ1v) is 5.50. The number of aromatic nitrogens is 2. The maximum atomic E-state index is 5.99. The van der Waals surface area contributed by atoms with E-state index in [1.807, 2.05) is 0 Å². The zero-order valence-electron chi connectivity index (χ0n) is 9.15. The van der Waals surface area contributed by atoms with Gasteiger partial charge in [-0.25, -0.2) is 15.0 Å². The van der Waals surface area contributed by atoms with Crippen LogP contribution in [0.5, 0.6) is 0 Å². The van der Waals surface area contributed by atoms with Crippen LogP contribution < -0.4 is 11.2 Å². The molecule has 0 bridgehead atoms. The second-order valence-electron chi connectivity index (χ2n) is 3.82. The molecule has 0 unspecified atom stereocenters. The van der Waals surface area contributed by atoms with Crippen molar-refractivity contribution in [2.75, 3.05) is 44.4 Å². The molecule has 1 aromatic rings. The fourth-order valence-corrected chi connectivity index (χ4v) is 1.67. The number of hydrogen-bond donors (Lipinski definition) is 2. The third-order valence-corrected chi connectivity index (χ3v) is 2.96. The molecule has 2 heterocycles. The van der Waals surface area contributed by atoms with Gasteiger partial charge in [0.2, 0.25) is 0 Å². The van der Waals surface area contributed by atoms with Crippen molar-refractivity contribution in [3.05, 3.63) is 11.3 Å². The largest absolute Gasteiger partial charge is 0.382 e. The number of piperazine rings is 1. The smallest absolute Gasteiger partial charge is 0.164 e. The second kappa shape index (κ2) is 4.82. The molecule has 3 N–H and O–H groups in total. The number of nitrogens with two attached hydrogens (primary N) is 1. The van der Waals surface area contributed by atoms with Gasteiger partial charge in [-0.05, 0) is 7.05 Å². The van der Waals surface area contributed by atoms with E-state index in [4.69, 9.17) is 17.3 Å². The van der Waals surface area contributed by atoms with E-state index in [2.05, 4.69) is 32.4 Å². The van der Waals surface area contributed by atoms with Crippen molar-refractivity contribution in [3.8, 4) is 0 Å². The summed E-state index contributed by atoms with van der Waals surface area (Å²) in [6, 6.07) is 0. The highest BCUT2D eigenvalue weighted by molar-refractivity contribution is 6.35. The lowest BCUT2D eigenvalue weighted by Gasteiger charge is -2.32. The van der Waals surface area contributed by atoms with Crippen molar-refractivity contribution in [2.24, 2.45) is 0 Å². The Morgan fingerprint density at radius 1 is 1.31 bits per heavy atom. The highest BCUT2D eigenvalue weighted by Gasteiger charge is 2.15. The maximum absolute atomic E-state index is 5.99. The van der Waals surface area contributed by atoms with Crippen LogP contribution >= 0.6 is 11.6 Å². The lowest BCUT2D eigenvalue weighted by molar-refractivity contribution is 0.178. The van der Waals surface area contributed by atoms with E-state index in [1.54, 1.807) is 0 Å². The minimum Gasteiger partial charge on any atom is -0.382 e. The van der Waals surface area contributed by atoms with E-state index in [1.165, 1.54) is 6.33 Å². The maximum Gasteiger partial charge on any atom is 0.164 e. The lowest BCUT2D eigenvalue weighted by atomic mass is 10.4. The quantitative estimate of drug-likeness (QED) is 0.777. The summed E-state index contributed by atoms with van der Waals surface area (Å²) < 4.78 is 0. The van der Waals surface area contributed by atoms with Crippen LogP contribution in [0.25, 0.3) is 0 Å². The van der Waals surface area contributed by atoms with Gasteiger partial charge in [0.05, 0.1) is 0 Å². The van der Waals surface area contributed by atoms with E-state index in [0.717, 1.165) is 26.2 Å². The molecule has 0 radical (unpaired) electrons. The van der Waals surface area contributed by atoms with E-state index >= 15 is 0 Å². The first kappa shape index (κ1) is 11.4. The number of nitrogens with one attached hydrogen (secondary N) is 1. The van der Waals surface area contributed by atoms with Crippen LogP contribution in [-0.4, -0.2) is 53.1 Å². The molecule has 1 aliphatic rings. The number of halogens is 1. The average molecular weight is 243 g/mol. The highest BCUT2D eigenvalue weighted by Crippen LogP contribution is 2.23. The summed E-state index contributed by atoms with van der Waals surface area (Å²) in [6.07, 6.45) is 1.40. The zero-order chi connectivity index (χ0) is 11.5. The Morgan fingerprint density at radius 3 is 2.69 bits per heavy atom. The van der Waals surface area contributed by atoms with Gasteiger partial charge in [-0.15, -0.1) is 0 Å². The monoisotopic (exact) mass is 242 g/mol. The number of hydrazine groups is 1. The van der Waals surface area contributed by atoms with E-state index in [0.29, 0.717) is 16.7 Å². The van der Waals surface area contributed by atoms with Crippen molar-refractivity contribution in [1.29, 1.82) is 0 Å². The van der Waals surface area contributed by atoms with Gasteiger partial charge < -0.3 is 16.1 Å². The van der Waals surface area contributed by atoms with Gasteiger partial charge in [-0.2, -0.15) is 0 Å². The minimum atomic E-state index is 0.299. The van der Waals surface area contributed by atoms with Gasteiger partial charge >= 0.3 is 0 Å². The first-order valence-electron chi connectivity index (χ1n) is 5.13. The Labute approximate surface area is 99.4 Å². The van der Waals surface area contributed by atoms with Gasteiger partial charge in [0.25, 0.3) is 0 Å². The summed E-state index contributed by atoms with van der Waals surface area (Å²) in [6.45, 7) is 3.89. The third kappa shape index (κ3) is 2.52. The summed E-state index contributed by atoms with van der Waals surface area (Å²) in [4.78, 5) is 10.1. The van der Waals surface area contributed by atoms with Gasteiger partial charge in [0.1, 0.15) is 17.2 Å². The molecule has 88 valence electrons. The van der Waals surface area contributed by atoms with Crippen LogP contribution in [0, 0.1) is 0 Å². The second-order valence-corrected chi connectivity index (χ2v) is 4.20. The first-order chi connectivity index (χ1) is 7.66. The van der Waals surface area contributed by atoms with Gasteiger partial charge in [-0.1, -0.05) is 11.6 Å². The SMILES string of the molecule is CN1CCN(Nc2ncnc(N)c2Cl)CC1. The average Bonchev–Trinajstić information content (AvgIpc) is 2.28. The number of hydrogen-bond acceptors (Lipinski definition) is 6. The molecule has 1 aliphatic heterocycles. The van der Waals surface area contributed by atoms with Crippen LogP contribution in [0.3, 0.4) is 0 Å². The van der Waals surface area contributed by atoms with Crippen LogP contribution in [0.1, 0.15) is 0 Å².